The van der Waals surface area contributed by atoms with Gasteiger partial charge in [0, 0.05) is 5.75 Å². The van der Waals surface area contributed by atoms with Crippen molar-refractivity contribution in [2.24, 2.45) is 0 Å². The molecular formula is C24H17F3N4OS. The molecule has 2 heterocycles. The SMILES string of the molecule is Cc1ccccc1-n1c(=O)c2ccccc2n2c(SCc3cccc(C(F)(F)F)c3)nnc12. The van der Waals surface area contributed by atoms with Crippen molar-refractivity contribution in [3.05, 3.63) is 99.8 Å². The highest BCUT2D eigenvalue weighted by atomic mass is 32.2. The number of thioether (sulfide) groups is 1. The second-order valence-corrected chi connectivity index (χ2v) is 8.49. The molecule has 0 aliphatic rings. The summed E-state index contributed by atoms with van der Waals surface area (Å²) in [6, 6.07) is 19.9. The van der Waals surface area contributed by atoms with Gasteiger partial charge in [0.15, 0.2) is 5.16 Å². The minimum Gasteiger partial charge on any atom is -0.268 e. The fraction of sp³-hybridized carbons (Fsp3) is 0.125. The Balaban J connectivity index is 1.65. The number of hydrogen-bond donors (Lipinski definition) is 0. The molecule has 0 fully saturated rings. The Bertz CT molecular complexity index is 1560. The molecule has 5 nitrogen and oxygen atoms in total. The maximum Gasteiger partial charge on any atom is 0.416 e. The van der Waals surface area contributed by atoms with Gasteiger partial charge in [0.05, 0.1) is 22.2 Å². The maximum absolute atomic E-state index is 13.4. The van der Waals surface area contributed by atoms with E-state index in [0.717, 1.165) is 17.7 Å². The first kappa shape index (κ1) is 21.3. The van der Waals surface area contributed by atoms with E-state index in [2.05, 4.69) is 10.2 Å². The first-order valence-corrected chi connectivity index (χ1v) is 11.1. The predicted molar refractivity (Wildman–Crippen MR) is 122 cm³/mol. The molecule has 9 heteroatoms. The molecule has 0 spiro atoms. The highest BCUT2D eigenvalue weighted by Crippen LogP contribution is 2.31. The standard InChI is InChI=1S/C24H17F3N4OS/c1-15-7-2-4-11-19(15)30-21(32)18-10-3-5-12-20(18)31-22(30)28-29-23(31)33-14-16-8-6-9-17(13-16)24(25,26)27/h2-13H,14H2,1H3. The lowest BCUT2D eigenvalue weighted by Gasteiger charge is -2.13. The van der Waals surface area contributed by atoms with Crippen LogP contribution in [0.15, 0.2) is 82.7 Å². The summed E-state index contributed by atoms with van der Waals surface area (Å²) in [6.45, 7) is 1.91. The highest BCUT2D eigenvalue weighted by Gasteiger charge is 2.30. The van der Waals surface area contributed by atoms with Crippen LogP contribution in [0.1, 0.15) is 16.7 Å². The van der Waals surface area contributed by atoms with Gasteiger partial charge in [0.1, 0.15) is 0 Å². The van der Waals surface area contributed by atoms with E-state index in [0.29, 0.717) is 33.1 Å². The quantitative estimate of drug-likeness (QED) is 0.321. The zero-order valence-electron chi connectivity index (χ0n) is 17.4. The highest BCUT2D eigenvalue weighted by molar-refractivity contribution is 7.98. The molecule has 0 N–H and O–H groups in total. The molecule has 33 heavy (non-hydrogen) atoms. The van der Waals surface area contributed by atoms with E-state index in [4.69, 9.17) is 0 Å². The van der Waals surface area contributed by atoms with Crippen LogP contribution in [0.5, 0.6) is 0 Å². The lowest BCUT2D eigenvalue weighted by Crippen LogP contribution is -2.22. The Labute approximate surface area is 190 Å². The van der Waals surface area contributed by atoms with Crippen LogP contribution in [0, 0.1) is 6.92 Å². The van der Waals surface area contributed by atoms with Crippen molar-refractivity contribution in [3.8, 4) is 5.69 Å². The van der Waals surface area contributed by atoms with Gasteiger partial charge < -0.3 is 0 Å². The van der Waals surface area contributed by atoms with E-state index in [1.165, 1.54) is 22.4 Å². The Morgan fingerprint density at radius 3 is 2.48 bits per heavy atom. The van der Waals surface area contributed by atoms with Gasteiger partial charge >= 0.3 is 6.18 Å². The molecule has 5 aromatic rings. The average molecular weight is 466 g/mol. The lowest BCUT2D eigenvalue weighted by atomic mass is 10.1. The lowest BCUT2D eigenvalue weighted by molar-refractivity contribution is -0.137. The van der Waals surface area contributed by atoms with Crippen LogP contribution in [0.2, 0.25) is 0 Å². The summed E-state index contributed by atoms with van der Waals surface area (Å²) < 4.78 is 42.5. The molecule has 3 aromatic carbocycles. The molecule has 0 atom stereocenters. The molecule has 166 valence electrons. The summed E-state index contributed by atoms with van der Waals surface area (Å²) in [5.74, 6) is 0.613. The van der Waals surface area contributed by atoms with E-state index in [1.54, 1.807) is 22.6 Å². The van der Waals surface area contributed by atoms with Gasteiger partial charge in [0.25, 0.3) is 5.56 Å². The third-order valence-electron chi connectivity index (χ3n) is 5.37. The molecule has 0 saturated carbocycles. The van der Waals surface area contributed by atoms with Crippen molar-refractivity contribution in [2.75, 3.05) is 0 Å². The Kier molecular flexibility index (Phi) is 5.20. The van der Waals surface area contributed by atoms with Crippen molar-refractivity contribution < 1.29 is 13.2 Å². The molecule has 0 bridgehead atoms. The third kappa shape index (κ3) is 3.78. The molecule has 0 amide bonds. The number of benzene rings is 3. The molecule has 5 rings (SSSR count). The monoisotopic (exact) mass is 466 g/mol. The number of halogens is 3. The number of hydrogen-bond acceptors (Lipinski definition) is 4. The molecule has 0 aliphatic heterocycles. The Morgan fingerprint density at radius 1 is 0.939 bits per heavy atom. The number of rotatable bonds is 4. The molecular weight excluding hydrogens is 449 g/mol. The molecule has 2 aromatic heterocycles. The summed E-state index contributed by atoms with van der Waals surface area (Å²) in [4.78, 5) is 13.4. The van der Waals surface area contributed by atoms with Gasteiger partial charge in [-0.2, -0.15) is 13.2 Å². The summed E-state index contributed by atoms with van der Waals surface area (Å²) >= 11 is 1.26. The molecule has 0 unspecified atom stereocenters. The Morgan fingerprint density at radius 2 is 1.70 bits per heavy atom. The number of alkyl halides is 3. The maximum atomic E-state index is 13.4. The van der Waals surface area contributed by atoms with Crippen molar-refractivity contribution >= 4 is 28.4 Å². The van der Waals surface area contributed by atoms with Gasteiger partial charge in [-0.3, -0.25) is 9.20 Å². The van der Waals surface area contributed by atoms with Crippen molar-refractivity contribution in [1.82, 2.24) is 19.2 Å². The topological polar surface area (TPSA) is 52.2 Å². The number of para-hydroxylation sites is 2. The second-order valence-electron chi connectivity index (χ2n) is 7.55. The number of nitrogens with zero attached hydrogens (tertiary/aromatic N) is 4. The smallest absolute Gasteiger partial charge is 0.268 e. The van der Waals surface area contributed by atoms with Crippen molar-refractivity contribution in [1.29, 1.82) is 0 Å². The first-order valence-electron chi connectivity index (χ1n) is 10.1. The number of fused-ring (bicyclic) bond motifs is 3. The molecule has 0 radical (unpaired) electrons. The molecule has 0 aliphatic carbocycles. The van der Waals surface area contributed by atoms with E-state index >= 15 is 0 Å². The van der Waals surface area contributed by atoms with Crippen LogP contribution in [-0.2, 0) is 11.9 Å². The largest absolute Gasteiger partial charge is 0.416 e. The fourth-order valence-electron chi connectivity index (χ4n) is 3.79. The summed E-state index contributed by atoms with van der Waals surface area (Å²) in [6.07, 6.45) is -4.40. The van der Waals surface area contributed by atoms with Gasteiger partial charge in [-0.25, -0.2) is 4.57 Å². The second kappa shape index (κ2) is 8.08. The predicted octanol–water partition coefficient (Wildman–Crippen LogP) is 5.65. The first-order chi connectivity index (χ1) is 15.8. The van der Waals surface area contributed by atoms with E-state index in [9.17, 15) is 18.0 Å². The minimum atomic E-state index is -4.40. The van der Waals surface area contributed by atoms with Crippen LogP contribution in [0.25, 0.3) is 22.4 Å². The van der Waals surface area contributed by atoms with Crippen LogP contribution in [-0.4, -0.2) is 19.2 Å². The average Bonchev–Trinajstić information content (AvgIpc) is 3.22. The Hall–Kier alpha value is -3.59. The third-order valence-corrected chi connectivity index (χ3v) is 6.37. The van der Waals surface area contributed by atoms with Crippen molar-refractivity contribution in [2.45, 2.75) is 24.0 Å². The van der Waals surface area contributed by atoms with Crippen LogP contribution in [0.4, 0.5) is 13.2 Å². The zero-order valence-corrected chi connectivity index (χ0v) is 18.2. The zero-order chi connectivity index (χ0) is 23.2. The van der Waals surface area contributed by atoms with Crippen molar-refractivity contribution in [3.63, 3.8) is 0 Å². The minimum absolute atomic E-state index is 0.214. The van der Waals surface area contributed by atoms with Gasteiger partial charge in [0.2, 0.25) is 5.78 Å². The summed E-state index contributed by atoms with van der Waals surface area (Å²) in [7, 11) is 0. The van der Waals surface area contributed by atoms with Gasteiger partial charge in [-0.1, -0.05) is 60.3 Å². The molecule has 0 saturated heterocycles. The normalized spacial score (nSPS) is 12.0. The van der Waals surface area contributed by atoms with Gasteiger partial charge in [-0.05, 0) is 42.3 Å². The summed E-state index contributed by atoms with van der Waals surface area (Å²) in [5.41, 5.74) is 1.85. The number of aryl methyl sites for hydroxylation is 1. The fourth-order valence-corrected chi connectivity index (χ4v) is 4.67. The van der Waals surface area contributed by atoms with Crippen LogP contribution < -0.4 is 5.56 Å². The van der Waals surface area contributed by atoms with E-state index < -0.39 is 11.7 Å². The van der Waals surface area contributed by atoms with Crippen LogP contribution in [0.3, 0.4) is 0 Å². The van der Waals surface area contributed by atoms with Gasteiger partial charge in [-0.15, -0.1) is 10.2 Å². The number of aromatic nitrogens is 4. The van der Waals surface area contributed by atoms with E-state index in [1.807, 2.05) is 43.3 Å². The van der Waals surface area contributed by atoms with Crippen LogP contribution >= 0.6 is 11.8 Å². The summed E-state index contributed by atoms with van der Waals surface area (Å²) in [5, 5.41) is 9.56. The van der Waals surface area contributed by atoms with E-state index in [-0.39, 0.29) is 11.3 Å².